The maximum Gasteiger partial charge on any atom is 0.277 e. The first-order chi connectivity index (χ1) is 9.04. The standard InChI is InChI=1S/C12H12FN3O2S/c1-7-5-9(13)3-4-10(7)14-11(17)6-19-12-16-15-8(2)18-12/h3-5H,6H2,1-2H3,(H,14,17). The number of aryl methyl sites for hydroxylation is 2. The van der Waals surface area contributed by atoms with E-state index < -0.39 is 0 Å². The van der Waals surface area contributed by atoms with Gasteiger partial charge in [-0.2, -0.15) is 0 Å². The Morgan fingerprint density at radius 3 is 2.84 bits per heavy atom. The van der Waals surface area contributed by atoms with E-state index in [1.807, 2.05) is 0 Å². The summed E-state index contributed by atoms with van der Waals surface area (Å²) in [4.78, 5) is 11.7. The molecule has 0 aliphatic carbocycles. The molecule has 0 saturated heterocycles. The highest BCUT2D eigenvalue weighted by atomic mass is 32.2. The van der Waals surface area contributed by atoms with Gasteiger partial charge in [-0.25, -0.2) is 4.39 Å². The lowest BCUT2D eigenvalue weighted by atomic mass is 10.2. The van der Waals surface area contributed by atoms with Crippen LogP contribution in [0.25, 0.3) is 0 Å². The monoisotopic (exact) mass is 281 g/mol. The van der Waals surface area contributed by atoms with E-state index >= 15 is 0 Å². The van der Waals surface area contributed by atoms with Crippen molar-refractivity contribution in [3.05, 3.63) is 35.5 Å². The van der Waals surface area contributed by atoms with Gasteiger partial charge in [-0.1, -0.05) is 11.8 Å². The van der Waals surface area contributed by atoms with Crippen LogP contribution < -0.4 is 5.32 Å². The van der Waals surface area contributed by atoms with Gasteiger partial charge in [0, 0.05) is 12.6 Å². The quantitative estimate of drug-likeness (QED) is 0.872. The van der Waals surface area contributed by atoms with Crippen LogP contribution in [0.5, 0.6) is 0 Å². The molecule has 5 nitrogen and oxygen atoms in total. The summed E-state index contributed by atoms with van der Waals surface area (Å²) in [6.07, 6.45) is 0. The van der Waals surface area contributed by atoms with Gasteiger partial charge in [-0.15, -0.1) is 10.2 Å². The third-order valence-electron chi connectivity index (χ3n) is 2.30. The molecule has 0 spiro atoms. The van der Waals surface area contributed by atoms with Crippen molar-refractivity contribution >= 4 is 23.4 Å². The largest absolute Gasteiger partial charge is 0.416 e. The molecule has 1 aromatic carbocycles. The second-order valence-corrected chi connectivity index (χ2v) is 4.81. The van der Waals surface area contributed by atoms with Crippen LogP contribution in [0.4, 0.5) is 10.1 Å². The van der Waals surface area contributed by atoms with E-state index in [2.05, 4.69) is 15.5 Å². The fraction of sp³-hybridized carbons (Fsp3) is 0.250. The molecule has 0 radical (unpaired) electrons. The molecular formula is C12H12FN3O2S. The molecule has 0 saturated carbocycles. The van der Waals surface area contributed by atoms with Gasteiger partial charge in [-0.05, 0) is 30.7 Å². The van der Waals surface area contributed by atoms with Gasteiger partial charge < -0.3 is 9.73 Å². The second-order valence-electron chi connectivity index (χ2n) is 3.88. The summed E-state index contributed by atoms with van der Waals surface area (Å²) in [7, 11) is 0. The lowest BCUT2D eigenvalue weighted by molar-refractivity contribution is -0.113. The summed E-state index contributed by atoms with van der Waals surface area (Å²) in [5.74, 6) is 0.0670. The Kier molecular flexibility index (Phi) is 4.16. The first-order valence-corrected chi connectivity index (χ1v) is 6.52. The number of rotatable bonds is 4. The van der Waals surface area contributed by atoms with Crippen LogP contribution in [0, 0.1) is 19.7 Å². The molecule has 2 rings (SSSR count). The number of hydrogen-bond donors (Lipinski definition) is 1. The highest BCUT2D eigenvalue weighted by Crippen LogP contribution is 2.18. The minimum absolute atomic E-state index is 0.151. The van der Waals surface area contributed by atoms with Gasteiger partial charge in [0.25, 0.3) is 5.22 Å². The molecule has 0 bridgehead atoms. The SMILES string of the molecule is Cc1nnc(SCC(=O)Nc2ccc(F)cc2C)o1. The average Bonchev–Trinajstić information content (AvgIpc) is 2.76. The fourth-order valence-electron chi connectivity index (χ4n) is 1.42. The van der Waals surface area contributed by atoms with Crippen molar-refractivity contribution in [2.75, 3.05) is 11.1 Å². The van der Waals surface area contributed by atoms with Crippen molar-refractivity contribution in [1.29, 1.82) is 0 Å². The Labute approximate surface area is 113 Å². The molecule has 7 heteroatoms. The Morgan fingerprint density at radius 1 is 1.42 bits per heavy atom. The number of carbonyl (C=O) groups excluding carboxylic acids is 1. The molecule has 19 heavy (non-hydrogen) atoms. The van der Waals surface area contributed by atoms with E-state index in [-0.39, 0.29) is 17.5 Å². The molecule has 1 heterocycles. The van der Waals surface area contributed by atoms with Gasteiger partial charge in [-0.3, -0.25) is 4.79 Å². The molecule has 1 aromatic heterocycles. The number of carbonyl (C=O) groups is 1. The van der Waals surface area contributed by atoms with Crippen molar-refractivity contribution in [3.8, 4) is 0 Å². The number of benzene rings is 1. The van der Waals surface area contributed by atoms with E-state index in [4.69, 9.17) is 4.42 Å². The molecule has 1 amide bonds. The van der Waals surface area contributed by atoms with Crippen LogP contribution in [0.2, 0.25) is 0 Å². The zero-order chi connectivity index (χ0) is 13.8. The molecule has 100 valence electrons. The first kappa shape index (κ1) is 13.5. The molecule has 0 aliphatic rings. The molecule has 0 unspecified atom stereocenters. The Morgan fingerprint density at radius 2 is 2.21 bits per heavy atom. The Hall–Kier alpha value is -1.89. The van der Waals surface area contributed by atoms with Crippen molar-refractivity contribution in [2.24, 2.45) is 0 Å². The van der Waals surface area contributed by atoms with Crippen LogP contribution in [0.3, 0.4) is 0 Å². The number of anilines is 1. The maximum absolute atomic E-state index is 12.9. The van der Waals surface area contributed by atoms with Crippen LogP contribution in [-0.2, 0) is 4.79 Å². The topological polar surface area (TPSA) is 68.0 Å². The first-order valence-electron chi connectivity index (χ1n) is 5.53. The smallest absolute Gasteiger partial charge is 0.277 e. The van der Waals surface area contributed by atoms with Gasteiger partial charge >= 0.3 is 0 Å². The summed E-state index contributed by atoms with van der Waals surface area (Å²) in [5, 5.41) is 10.5. The minimum Gasteiger partial charge on any atom is -0.416 e. The molecule has 0 aliphatic heterocycles. The van der Waals surface area contributed by atoms with Gasteiger partial charge in [0.2, 0.25) is 11.8 Å². The maximum atomic E-state index is 12.9. The lowest BCUT2D eigenvalue weighted by Crippen LogP contribution is -2.14. The van der Waals surface area contributed by atoms with E-state index in [1.54, 1.807) is 13.8 Å². The Balaban J connectivity index is 1.90. The highest BCUT2D eigenvalue weighted by Gasteiger charge is 2.09. The van der Waals surface area contributed by atoms with Gasteiger partial charge in [0.1, 0.15) is 5.82 Å². The second kappa shape index (κ2) is 5.83. The number of halogens is 1. The van der Waals surface area contributed by atoms with Gasteiger partial charge in [0.05, 0.1) is 5.75 Å². The minimum atomic E-state index is -0.328. The van der Waals surface area contributed by atoms with Crippen LogP contribution in [-0.4, -0.2) is 21.9 Å². The summed E-state index contributed by atoms with van der Waals surface area (Å²) in [6.45, 7) is 3.41. The van der Waals surface area contributed by atoms with Gasteiger partial charge in [0.15, 0.2) is 0 Å². The normalized spacial score (nSPS) is 10.5. The Bertz CT molecular complexity index is 600. The van der Waals surface area contributed by atoms with Crippen LogP contribution >= 0.6 is 11.8 Å². The van der Waals surface area contributed by atoms with Crippen molar-refractivity contribution < 1.29 is 13.6 Å². The summed E-state index contributed by atoms with van der Waals surface area (Å²) in [6, 6.07) is 4.20. The van der Waals surface area contributed by atoms with Crippen molar-refractivity contribution in [2.45, 2.75) is 19.1 Å². The number of nitrogens with zero attached hydrogens (tertiary/aromatic N) is 2. The van der Waals surface area contributed by atoms with Crippen molar-refractivity contribution in [3.63, 3.8) is 0 Å². The summed E-state index contributed by atoms with van der Waals surface area (Å²) in [5.41, 5.74) is 1.26. The summed E-state index contributed by atoms with van der Waals surface area (Å²) < 4.78 is 18.0. The summed E-state index contributed by atoms with van der Waals surface area (Å²) >= 11 is 1.15. The molecule has 1 N–H and O–H groups in total. The zero-order valence-electron chi connectivity index (χ0n) is 10.4. The fourth-order valence-corrected chi connectivity index (χ4v) is 2.02. The van der Waals surface area contributed by atoms with E-state index in [0.29, 0.717) is 22.4 Å². The number of nitrogens with one attached hydrogen (secondary N) is 1. The molecule has 2 aromatic rings. The van der Waals surface area contributed by atoms with Crippen LogP contribution in [0.15, 0.2) is 27.8 Å². The number of thioether (sulfide) groups is 1. The lowest BCUT2D eigenvalue weighted by Gasteiger charge is -2.07. The van der Waals surface area contributed by atoms with E-state index in [1.165, 1.54) is 18.2 Å². The third kappa shape index (κ3) is 3.78. The highest BCUT2D eigenvalue weighted by molar-refractivity contribution is 7.99. The van der Waals surface area contributed by atoms with E-state index in [9.17, 15) is 9.18 Å². The molecular weight excluding hydrogens is 269 g/mol. The zero-order valence-corrected chi connectivity index (χ0v) is 11.3. The predicted octanol–water partition coefficient (Wildman–Crippen LogP) is 2.56. The van der Waals surface area contributed by atoms with E-state index in [0.717, 1.165) is 11.8 Å². The van der Waals surface area contributed by atoms with Crippen molar-refractivity contribution in [1.82, 2.24) is 10.2 Å². The molecule has 0 fully saturated rings. The number of hydrogen-bond acceptors (Lipinski definition) is 5. The predicted molar refractivity (Wildman–Crippen MR) is 69.5 cm³/mol. The molecule has 0 atom stereocenters. The number of amides is 1. The average molecular weight is 281 g/mol. The number of aromatic nitrogens is 2. The third-order valence-corrected chi connectivity index (χ3v) is 3.12. The van der Waals surface area contributed by atoms with Crippen LogP contribution in [0.1, 0.15) is 11.5 Å².